The van der Waals surface area contributed by atoms with E-state index in [1.165, 1.54) is 37.1 Å². The molecule has 0 saturated carbocycles. The molecule has 26 heavy (non-hydrogen) atoms. The number of hydrogen-bond donors (Lipinski definition) is 1. The van der Waals surface area contributed by atoms with Gasteiger partial charge in [0.15, 0.2) is 0 Å². The van der Waals surface area contributed by atoms with Crippen molar-refractivity contribution < 1.29 is 26.7 Å². The summed E-state index contributed by atoms with van der Waals surface area (Å²) in [4.78, 5) is 13.6. The highest BCUT2D eigenvalue weighted by atomic mass is 19.4. The van der Waals surface area contributed by atoms with Crippen LogP contribution in [0.2, 0.25) is 0 Å². The molecule has 0 aliphatic carbocycles. The molecule has 0 aliphatic heterocycles. The molecular weight excluding hydrogens is 355 g/mol. The summed E-state index contributed by atoms with van der Waals surface area (Å²) >= 11 is 0. The smallest absolute Gasteiger partial charge is 0.322 e. The van der Waals surface area contributed by atoms with Gasteiger partial charge in [-0.25, -0.2) is 8.78 Å². The number of hydrogen-bond acceptors (Lipinski definition) is 2. The number of anilines is 1. The molecule has 2 aromatic carbocycles. The Morgan fingerprint density at radius 3 is 2.42 bits per heavy atom. The van der Waals surface area contributed by atoms with Gasteiger partial charge in [0.2, 0.25) is 5.91 Å². The first kappa shape index (κ1) is 19.8. The van der Waals surface area contributed by atoms with Crippen LogP contribution >= 0.6 is 0 Å². The van der Waals surface area contributed by atoms with E-state index < -0.39 is 35.3 Å². The maximum Gasteiger partial charge on any atom is 0.416 e. The highest BCUT2D eigenvalue weighted by Crippen LogP contribution is 2.32. The normalized spacial score (nSPS) is 12.9. The molecule has 2 aromatic rings. The summed E-state index contributed by atoms with van der Waals surface area (Å²) < 4.78 is 65.7. The third kappa shape index (κ3) is 4.78. The fraction of sp³-hybridized carbons (Fsp3) is 0.278. The Morgan fingerprint density at radius 1 is 1.15 bits per heavy atom. The predicted octanol–water partition coefficient (Wildman–Crippen LogP) is 4.44. The van der Waals surface area contributed by atoms with Crippen molar-refractivity contribution >= 4 is 11.6 Å². The van der Waals surface area contributed by atoms with Crippen LogP contribution < -0.4 is 5.32 Å². The molecule has 0 aromatic heterocycles. The Balaban J connectivity index is 2.10. The van der Waals surface area contributed by atoms with E-state index in [4.69, 9.17) is 0 Å². The van der Waals surface area contributed by atoms with Gasteiger partial charge in [0.1, 0.15) is 11.6 Å². The fourth-order valence-corrected chi connectivity index (χ4v) is 2.37. The van der Waals surface area contributed by atoms with Gasteiger partial charge in [0.25, 0.3) is 0 Å². The quantitative estimate of drug-likeness (QED) is 0.787. The van der Waals surface area contributed by atoms with Gasteiger partial charge >= 0.3 is 6.18 Å². The number of alkyl halides is 3. The molecule has 0 radical (unpaired) electrons. The van der Waals surface area contributed by atoms with Crippen molar-refractivity contribution in [1.29, 1.82) is 0 Å². The highest BCUT2D eigenvalue weighted by molar-refractivity contribution is 5.94. The van der Waals surface area contributed by atoms with Crippen LogP contribution in [0.4, 0.5) is 27.6 Å². The van der Waals surface area contributed by atoms with Gasteiger partial charge in [-0.2, -0.15) is 13.2 Å². The molecule has 0 spiro atoms. The summed E-state index contributed by atoms with van der Waals surface area (Å²) in [6, 6.07) is 6.94. The molecule has 140 valence electrons. The molecule has 3 nitrogen and oxygen atoms in total. The third-order valence-electron chi connectivity index (χ3n) is 3.97. The second kappa shape index (κ2) is 7.82. The monoisotopic (exact) mass is 372 g/mol. The van der Waals surface area contributed by atoms with Crippen molar-refractivity contribution in [3.63, 3.8) is 0 Å². The van der Waals surface area contributed by atoms with Crippen molar-refractivity contribution in [2.75, 3.05) is 12.4 Å². The lowest BCUT2D eigenvalue weighted by Crippen LogP contribution is -2.39. The number of amides is 1. The Kier molecular flexibility index (Phi) is 5.97. The summed E-state index contributed by atoms with van der Waals surface area (Å²) in [5.41, 5.74) is -0.952. The van der Waals surface area contributed by atoms with Crippen LogP contribution in [0.3, 0.4) is 0 Å². The molecule has 0 fully saturated rings. The number of rotatable bonds is 5. The molecular formula is C18H17F5N2O. The summed E-state index contributed by atoms with van der Waals surface area (Å²) in [5.74, 6) is -2.34. The van der Waals surface area contributed by atoms with Crippen molar-refractivity contribution in [3.05, 3.63) is 65.2 Å². The first-order valence-electron chi connectivity index (χ1n) is 7.71. The largest absolute Gasteiger partial charge is 0.416 e. The Labute approximate surface area is 147 Å². The minimum absolute atomic E-state index is 0.0233. The van der Waals surface area contributed by atoms with Crippen molar-refractivity contribution in [2.45, 2.75) is 25.7 Å². The Bertz CT molecular complexity index is 791. The van der Waals surface area contributed by atoms with Crippen molar-refractivity contribution in [3.8, 4) is 0 Å². The molecule has 0 bridgehead atoms. The number of carbonyl (C=O) groups is 1. The molecule has 1 unspecified atom stereocenters. The predicted molar refractivity (Wildman–Crippen MR) is 87.4 cm³/mol. The van der Waals surface area contributed by atoms with E-state index in [9.17, 15) is 26.7 Å². The Morgan fingerprint density at radius 2 is 1.81 bits per heavy atom. The van der Waals surface area contributed by atoms with E-state index in [0.717, 1.165) is 18.2 Å². The lowest BCUT2D eigenvalue weighted by Gasteiger charge is -2.25. The molecule has 0 heterocycles. The second-order valence-corrected chi connectivity index (χ2v) is 5.86. The van der Waals surface area contributed by atoms with E-state index in [1.54, 1.807) is 0 Å². The van der Waals surface area contributed by atoms with E-state index in [0.29, 0.717) is 6.07 Å². The zero-order valence-corrected chi connectivity index (χ0v) is 14.1. The van der Waals surface area contributed by atoms with Gasteiger partial charge in [-0.3, -0.25) is 9.69 Å². The van der Waals surface area contributed by atoms with Crippen LogP contribution in [0.1, 0.15) is 18.1 Å². The van der Waals surface area contributed by atoms with Gasteiger partial charge in [-0.1, -0.05) is 18.2 Å². The maximum absolute atomic E-state index is 13.6. The first-order valence-corrected chi connectivity index (χ1v) is 7.71. The number of nitrogens with zero attached hydrogens (tertiary/aromatic N) is 1. The molecule has 0 saturated heterocycles. The zero-order valence-electron chi connectivity index (χ0n) is 14.1. The van der Waals surface area contributed by atoms with E-state index >= 15 is 0 Å². The van der Waals surface area contributed by atoms with Crippen molar-refractivity contribution in [2.24, 2.45) is 0 Å². The molecule has 1 N–H and O–H groups in total. The average molecular weight is 372 g/mol. The lowest BCUT2D eigenvalue weighted by molar-refractivity contribution is -0.138. The first-order chi connectivity index (χ1) is 12.1. The molecule has 2 rings (SSSR count). The van der Waals surface area contributed by atoms with Crippen LogP contribution in [0.5, 0.6) is 0 Å². The fourth-order valence-electron chi connectivity index (χ4n) is 2.37. The SMILES string of the molecule is CC(C(=O)Nc1ccc(F)cc1F)N(C)Cc1ccccc1C(F)(F)F. The summed E-state index contributed by atoms with van der Waals surface area (Å²) in [5, 5.41) is 2.30. The molecule has 0 aliphatic rings. The van der Waals surface area contributed by atoms with Crippen LogP contribution in [-0.4, -0.2) is 23.9 Å². The number of likely N-dealkylation sites (N-methyl/N-ethyl adjacent to an activating group) is 1. The summed E-state index contributed by atoms with van der Waals surface area (Å²) in [7, 11) is 1.48. The topological polar surface area (TPSA) is 32.3 Å². The number of nitrogens with one attached hydrogen (secondary N) is 1. The van der Waals surface area contributed by atoms with Gasteiger partial charge < -0.3 is 5.32 Å². The van der Waals surface area contributed by atoms with Crippen LogP contribution in [0.15, 0.2) is 42.5 Å². The molecule has 1 amide bonds. The van der Waals surface area contributed by atoms with E-state index in [-0.39, 0.29) is 17.8 Å². The molecule has 1 atom stereocenters. The summed E-state index contributed by atoms with van der Waals surface area (Å²) in [6.07, 6.45) is -4.50. The second-order valence-electron chi connectivity index (χ2n) is 5.86. The molecule has 8 heteroatoms. The highest BCUT2D eigenvalue weighted by Gasteiger charge is 2.33. The Hall–Kier alpha value is -2.48. The number of carbonyl (C=O) groups excluding carboxylic acids is 1. The maximum atomic E-state index is 13.6. The van der Waals surface area contributed by atoms with Crippen LogP contribution in [0, 0.1) is 11.6 Å². The average Bonchev–Trinajstić information content (AvgIpc) is 2.56. The van der Waals surface area contributed by atoms with Gasteiger partial charge in [-0.15, -0.1) is 0 Å². The van der Waals surface area contributed by atoms with E-state index in [1.807, 2.05) is 0 Å². The number of halogens is 5. The lowest BCUT2D eigenvalue weighted by atomic mass is 10.1. The third-order valence-corrected chi connectivity index (χ3v) is 3.97. The zero-order chi connectivity index (χ0) is 19.5. The van der Waals surface area contributed by atoms with Gasteiger partial charge in [0.05, 0.1) is 17.3 Å². The minimum atomic E-state index is -4.50. The van der Waals surface area contributed by atoms with Crippen LogP contribution in [-0.2, 0) is 17.5 Å². The van der Waals surface area contributed by atoms with Gasteiger partial charge in [0, 0.05) is 12.6 Å². The standard InChI is InChI=1S/C18H17F5N2O/c1-11(17(26)24-16-8-7-13(19)9-15(16)20)25(2)10-12-5-3-4-6-14(12)18(21,22)23/h3-9,11H,10H2,1-2H3,(H,24,26). The van der Waals surface area contributed by atoms with Crippen molar-refractivity contribution in [1.82, 2.24) is 4.90 Å². The summed E-state index contributed by atoms with van der Waals surface area (Å²) in [6.45, 7) is 1.35. The van der Waals surface area contributed by atoms with E-state index in [2.05, 4.69) is 5.32 Å². The number of benzene rings is 2. The minimum Gasteiger partial charge on any atom is -0.322 e. The van der Waals surface area contributed by atoms with Crippen LogP contribution in [0.25, 0.3) is 0 Å². The van der Waals surface area contributed by atoms with Gasteiger partial charge in [-0.05, 0) is 37.7 Å².